The molecule has 2 aromatic rings. The van der Waals surface area contributed by atoms with Crippen LogP contribution in [-0.2, 0) is 11.8 Å². The Morgan fingerprint density at radius 2 is 2.08 bits per heavy atom. The number of aryl methyl sites for hydroxylation is 1. The molecule has 0 aliphatic heterocycles. The normalized spacial score (nSPS) is 16.6. The Kier molecular flexibility index (Phi) is 4.76. The summed E-state index contributed by atoms with van der Waals surface area (Å²) in [6.07, 6.45) is 8.39. The molecule has 1 amide bonds. The number of likely N-dealkylation sites (N-methyl/N-ethyl adjacent to an activating group) is 1. The van der Waals surface area contributed by atoms with Crippen LogP contribution in [-0.4, -0.2) is 33.3 Å². The maximum Gasteiger partial charge on any atom is 0.245 e. The van der Waals surface area contributed by atoms with E-state index in [-0.39, 0.29) is 5.91 Å². The molecule has 1 fully saturated rings. The molecule has 1 aliphatic rings. The highest BCUT2D eigenvalue weighted by Gasteiger charge is 2.39. The van der Waals surface area contributed by atoms with Gasteiger partial charge in [0.25, 0.3) is 0 Å². The van der Waals surface area contributed by atoms with Crippen LogP contribution in [0.1, 0.15) is 32.1 Å². The number of aromatic nitrogens is 3. The highest BCUT2D eigenvalue weighted by atomic mass is 35.5. The summed E-state index contributed by atoms with van der Waals surface area (Å²) in [7, 11) is 3.55. The first-order valence-electron chi connectivity index (χ1n) is 8.20. The van der Waals surface area contributed by atoms with Crippen molar-refractivity contribution in [3.63, 3.8) is 0 Å². The second-order valence-corrected chi connectivity index (χ2v) is 6.66. The van der Waals surface area contributed by atoms with Crippen LogP contribution in [0.25, 0.3) is 11.3 Å². The van der Waals surface area contributed by atoms with Crippen molar-refractivity contribution in [2.75, 3.05) is 12.4 Å². The number of nitrogens with one attached hydrogen (secondary N) is 2. The second kappa shape index (κ2) is 6.81. The Bertz CT molecular complexity index is 736. The lowest BCUT2D eigenvalue weighted by atomic mass is 9.80. The topological polar surface area (TPSA) is 71.8 Å². The maximum absolute atomic E-state index is 12.6. The maximum atomic E-state index is 12.6. The predicted molar refractivity (Wildman–Crippen MR) is 95.0 cm³/mol. The van der Waals surface area contributed by atoms with Crippen molar-refractivity contribution in [2.45, 2.75) is 37.6 Å². The van der Waals surface area contributed by atoms with Crippen molar-refractivity contribution >= 4 is 23.2 Å². The quantitative estimate of drug-likeness (QED) is 0.834. The molecule has 0 spiro atoms. The van der Waals surface area contributed by atoms with Gasteiger partial charge in [-0.25, -0.2) is 4.98 Å². The zero-order valence-corrected chi connectivity index (χ0v) is 14.7. The summed E-state index contributed by atoms with van der Waals surface area (Å²) in [6, 6.07) is 3.69. The number of rotatable bonds is 4. The van der Waals surface area contributed by atoms with E-state index in [1.807, 2.05) is 19.3 Å². The zero-order chi connectivity index (χ0) is 17.2. The Hall–Kier alpha value is -2.08. The summed E-state index contributed by atoms with van der Waals surface area (Å²) in [4.78, 5) is 16.8. The third-order valence-electron chi connectivity index (χ3n) is 4.60. The molecule has 0 bridgehead atoms. The molecule has 2 aromatic heterocycles. The van der Waals surface area contributed by atoms with E-state index in [0.717, 1.165) is 49.0 Å². The first-order valence-corrected chi connectivity index (χ1v) is 8.58. The third kappa shape index (κ3) is 3.24. The number of carbonyl (C=O) groups excluding carboxylic acids is 1. The molecule has 1 aliphatic carbocycles. The van der Waals surface area contributed by atoms with Crippen LogP contribution >= 0.6 is 11.6 Å². The minimum Gasteiger partial charge on any atom is -0.371 e. The molecule has 6 nitrogen and oxygen atoms in total. The van der Waals surface area contributed by atoms with Gasteiger partial charge in [-0.3, -0.25) is 9.48 Å². The molecule has 0 aromatic carbocycles. The minimum atomic E-state index is -0.610. The molecule has 1 saturated carbocycles. The van der Waals surface area contributed by atoms with E-state index in [4.69, 9.17) is 11.6 Å². The summed E-state index contributed by atoms with van der Waals surface area (Å²) in [5, 5.41) is 11.1. The monoisotopic (exact) mass is 347 g/mol. The summed E-state index contributed by atoms with van der Waals surface area (Å²) < 4.78 is 1.74. The number of hydrogen-bond acceptors (Lipinski definition) is 4. The number of nitrogens with zero attached hydrogens (tertiary/aromatic N) is 3. The van der Waals surface area contributed by atoms with Gasteiger partial charge in [-0.1, -0.05) is 30.9 Å². The van der Waals surface area contributed by atoms with E-state index >= 15 is 0 Å². The van der Waals surface area contributed by atoms with E-state index in [0.29, 0.717) is 5.15 Å². The van der Waals surface area contributed by atoms with E-state index in [1.54, 1.807) is 24.0 Å². The summed E-state index contributed by atoms with van der Waals surface area (Å²) in [6.45, 7) is 0. The molecule has 128 valence electrons. The molecule has 2 heterocycles. The molecular formula is C17H22ClN5O. The van der Waals surface area contributed by atoms with Gasteiger partial charge in [-0.05, 0) is 25.0 Å². The van der Waals surface area contributed by atoms with Crippen molar-refractivity contribution < 1.29 is 4.79 Å². The van der Waals surface area contributed by atoms with Crippen LogP contribution in [0.15, 0.2) is 24.5 Å². The fourth-order valence-corrected chi connectivity index (χ4v) is 3.52. The van der Waals surface area contributed by atoms with Gasteiger partial charge in [-0.15, -0.1) is 0 Å². The molecule has 0 unspecified atom stereocenters. The van der Waals surface area contributed by atoms with E-state index in [2.05, 4.69) is 20.7 Å². The Morgan fingerprint density at radius 1 is 1.33 bits per heavy atom. The SMILES string of the molecule is CNC(=O)C1(Nc2cc(Cl)ncc2-c2ccn(C)n2)CCCCC1. The van der Waals surface area contributed by atoms with Crippen molar-refractivity contribution in [1.82, 2.24) is 20.1 Å². The van der Waals surface area contributed by atoms with Crippen LogP contribution in [0.3, 0.4) is 0 Å². The van der Waals surface area contributed by atoms with Gasteiger partial charge >= 0.3 is 0 Å². The molecule has 0 radical (unpaired) electrons. The van der Waals surface area contributed by atoms with Crippen LogP contribution in [0.5, 0.6) is 0 Å². The summed E-state index contributed by atoms with van der Waals surface area (Å²) >= 11 is 6.11. The van der Waals surface area contributed by atoms with Gasteiger partial charge in [0, 0.05) is 37.7 Å². The van der Waals surface area contributed by atoms with Crippen molar-refractivity contribution in [1.29, 1.82) is 0 Å². The third-order valence-corrected chi connectivity index (χ3v) is 4.81. The number of amides is 1. The van der Waals surface area contributed by atoms with E-state index < -0.39 is 5.54 Å². The largest absolute Gasteiger partial charge is 0.371 e. The standard InChI is InChI=1S/C17H22ClN5O/c1-19-16(24)17(7-4-3-5-8-17)21-14-10-15(18)20-11-12(14)13-6-9-23(2)22-13/h6,9-11H,3-5,7-8H2,1-2H3,(H,19,24)(H,20,21). The Balaban J connectivity index is 2.01. The van der Waals surface area contributed by atoms with Crippen molar-refractivity contribution in [3.8, 4) is 11.3 Å². The molecule has 0 saturated heterocycles. The fraction of sp³-hybridized carbons (Fsp3) is 0.471. The fourth-order valence-electron chi connectivity index (χ4n) is 3.36. The lowest BCUT2D eigenvalue weighted by Gasteiger charge is -2.37. The Labute approximate surface area is 146 Å². The number of anilines is 1. The van der Waals surface area contributed by atoms with Gasteiger partial charge in [0.15, 0.2) is 0 Å². The summed E-state index contributed by atoms with van der Waals surface area (Å²) in [5.74, 6) is 0.0158. The van der Waals surface area contributed by atoms with Gasteiger partial charge in [0.2, 0.25) is 5.91 Å². The molecule has 2 N–H and O–H groups in total. The smallest absolute Gasteiger partial charge is 0.245 e. The van der Waals surface area contributed by atoms with Crippen molar-refractivity contribution in [2.24, 2.45) is 7.05 Å². The van der Waals surface area contributed by atoms with E-state index in [9.17, 15) is 4.79 Å². The minimum absolute atomic E-state index is 0.0158. The highest BCUT2D eigenvalue weighted by molar-refractivity contribution is 6.29. The zero-order valence-electron chi connectivity index (χ0n) is 14.0. The number of halogens is 1. The molecule has 7 heteroatoms. The molecule has 0 atom stereocenters. The van der Waals surface area contributed by atoms with Gasteiger partial charge in [-0.2, -0.15) is 5.10 Å². The first kappa shape index (κ1) is 16.8. The van der Waals surface area contributed by atoms with Crippen LogP contribution in [0, 0.1) is 0 Å². The lowest BCUT2D eigenvalue weighted by Crippen LogP contribution is -2.52. The van der Waals surface area contributed by atoms with Crippen LogP contribution in [0.4, 0.5) is 5.69 Å². The van der Waals surface area contributed by atoms with Crippen LogP contribution in [0.2, 0.25) is 5.15 Å². The van der Waals surface area contributed by atoms with Crippen LogP contribution < -0.4 is 10.6 Å². The lowest BCUT2D eigenvalue weighted by molar-refractivity contribution is -0.126. The molecule has 24 heavy (non-hydrogen) atoms. The number of pyridine rings is 1. The summed E-state index contributed by atoms with van der Waals surface area (Å²) in [5.41, 5.74) is 1.82. The average molecular weight is 348 g/mol. The highest BCUT2D eigenvalue weighted by Crippen LogP contribution is 2.36. The van der Waals surface area contributed by atoms with Crippen molar-refractivity contribution in [3.05, 3.63) is 29.7 Å². The number of hydrogen-bond donors (Lipinski definition) is 2. The van der Waals surface area contributed by atoms with E-state index in [1.165, 1.54) is 0 Å². The molecule has 3 rings (SSSR count). The number of carbonyl (C=O) groups is 1. The predicted octanol–water partition coefficient (Wildman–Crippen LogP) is 3.00. The first-order chi connectivity index (χ1) is 11.5. The van der Waals surface area contributed by atoms with Gasteiger partial charge < -0.3 is 10.6 Å². The molecular weight excluding hydrogens is 326 g/mol. The van der Waals surface area contributed by atoms with Gasteiger partial charge in [0.1, 0.15) is 10.7 Å². The average Bonchev–Trinajstić information content (AvgIpc) is 3.01. The van der Waals surface area contributed by atoms with Gasteiger partial charge in [0.05, 0.1) is 5.69 Å². The Morgan fingerprint density at radius 3 is 2.71 bits per heavy atom. The second-order valence-electron chi connectivity index (χ2n) is 6.27.